The van der Waals surface area contributed by atoms with Gasteiger partial charge in [-0.2, -0.15) is 0 Å². The molecule has 2 aromatic heterocycles. The van der Waals surface area contributed by atoms with Crippen molar-refractivity contribution in [1.82, 2.24) is 19.7 Å². The molecule has 0 aliphatic rings. The molecule has 0 atom stereocenters. The van der Waals surface area contributed by atoms with Crippen molar-refractivity contribution in [3.63, 3.8) is 0 Å². The van der Waals surface area contributed by atoms with Gasteiger partial charge in [-0.15, -0.1) is 28.1 Å². The molecule has 4 aromatic rings. The Morgan fingerprint density at radius 2 is 1.94 bits per heavy atom. The molecule has 158 valence electrons. The molecule has 0 aliphatic carbocycles. The standard InChI is InChI=1S/C24H24N4OS2/c1-4-14-28-22(20-8-6-7-9-21(20)29-5-2)26-27-24(28)31-16-19-15-30-23(25-19)18-12-10-17(3)11-13-18/h4,6-13,15H,1,5,14,16H2,2-3H3. The fraction of sp³-hybridized carbons (Fsp3) is 0.208. The number of ether oxygens (including phenoxy) is 1. The minimum absolute atomic E-state index is 0.599. The van der Waals surface area contributed by atoms with E-state index >= 15 is 0 Å². The van der Waals surface area contributed by atoms with Crippen LogP contribution in [0.4, 0.5) is 0 Å². The fourth-order valence-electron chi connectivity index (χ4n) is 3.16. The van der Waals surface area contributed by atoms with Crippen molar-refractivity contribution in [2.45, 2.75) is 31.3 Å². The predicted octanol–water partition coefficient (Wildman–Crippen LogP) is 6.25. The van der Waals surface area contributed by atoms with Crippen LogP contribution in [0.3, 0.4) is 0 Å². The van der Waals surface area contributed by atoms with Gasteiger partial charge in [0.2, 0.25) is 0 Å². The lowest BCUT2D eigenvalue weighted by molar-refractivity contribution is 0.341. The van der Waals surface area contributed by atoms with Crippen molar-refractivity contribution in [1.29, 1.82) is 0 Å². The number of thiazole rings is 1. The van der Waals surface area contributed by atoms with Gasteiger partial charge in [-0.1, -0.05) is 59.8 Å². The summed E-state index contributed by atoms with van der Waals surface area (Å²) in [5.74, 6) is 2.32. The largest absolute Gasteiger partial charge is 0.493 e. The number of allylic oxidation sites excluding steroid dienone is 1. The smallest absolute Gasteiger partial charge is 0.192 e. The summed E-state index contributed by atoms with van der Waals surface area (Å²) in [6.07, 6.45) is 1.86. The summed E-state index contributed by atoms with van der Waals surface area (Å²) >= 11 is 3.30. The number of rotatable bonds is 9. The van der Waals surface area contributed by atoms with Gasteiger partial charge in [0.15, 0.2) is 11.0 Å². The van der Waals surface area contributed by atoms with Gasteiger partial charge in [0.25, 0.3) is 0 Å². The molecule has 7 heteroatoms. The molecule has 0 saturated carbocycles. The quantitative estimate of drug-likeness (QED) is 0.224. The molecule has 0 bridgehead atoms. The van der Waals surface area contributed by atoms with Gasteiger partial charge in [0, 0.05) is 23.2 Å². The second-order valence-electron chi connectivity index (χ2n) is 6.93. The van der Waals surface area contributed by atoms with Crippen LogP contribution in [0.5, 0.6) is 5.75 Å². The maximum atomic E-state index is 5.79. The molecule has 0 amide bonds. The topological polar surface area (TPSA) is 52.8 Å². The third-order valence-electron chi connectivity index (χ3n) is 4.66. The van der Waals surface area contributed by atoms with E-state index in [-0.39, 0.29) is 0 Å². The zero-order valence-electron chi connectivity index (χ0n) is 17.6. The summed E-state index contributed by atoms with van der Waals surface area (Å²) in [4.78, 5) is 4.80. The van der Waals surface area contributed by atoms with Crippen LogP contribution in [0.2, 0.25) is 0 Å². The summed E-state index contributed by atoms with van der Waals surface area (Å²) in [6, 6.07) is 16.4. The Hall–Kier alpha value is -2.90. The first-order chi connectivity index (χ1) is 15.2. The number of nitrogens with zero attached hydrogens (tertiary/aromatic N) is 4. The van der Waals surface area contributed by atoms with Gasteiger partial charge in [-0.3, -0.25) is 4.57 Å². The molecule has 2 aromatic carbocycles. The first kappa shape index (κ1) is 21.3. The number of hydrogen-bond donors (Lipinski definition) is 0. The molecule has 31 heavy (non-hydrogen) atoms. The summed E-state index contributed by atoms with van der Waals surface area (Å²) in [5, 5.41) is 12.9. The van der Waals surface area contributed by atoms with Crippen molar-refractivity contribution in [3.05, 3.63) is 77.8 Å². The van der Waals surface area contributed by atoms with E-state index in [1.807, 2.05) is 37.3 Å². The Morgan fingerprint density at radius 3 is 2.71 bits per heavy atom. The van der Waals surface area contributed by atoms with E-state index in [0.29, 0.717) is 13.2 Å². The number of benzene rings is 2. The lowest BCUT2D eigenvalue weighted by Crippen LogP contribution is -2.02. The molecule has 5 nitrogen and oxygen atoms in total. The van der Waals surface area contributed by atoms with Crippen molar-refractivity contribution in [3.8, 4) is 27.7 Å². The molecule has 0 aliphatic heterocycles. The van der Waals surface area contributed by atoms with Crippen LogP contribution in [0.25, 0.3) is 22.0 Å². The van der Waals surface area contributed by atoms with E-state index in [9.17, 15) is 0 Å². The first-order valence-electron chi connectivity index (χ1n) is 10.1. The van der Waals surface area contributed by atoms with Crippen LogP contribution in [0.15, 0.2) is 71.7 Å². The molecule has 0 unspecified atom stereocenters. The third-order valence-corrected chi connectivity index (χ3v) is 6.60. The highest BCUT2D eigenvalue weighted by Gasteiger charge is 2.17. The van der Waals surface area contributed by atoms with E-state index in [4.69, 9.17) is 9.72 Å². The molecule has 0 N–H and O–H groups in total. The highest BCUT2D eigenvalue weighted by Crippen LogP contribution is 2.33. The Balaban J connectivity index is 1.55. The normalized spacial score (nSPS) is 10.9. The molecule has 0 spiro atoms. The van der Waals surface area contributed by atoms with Gasteiger partial charge in [-0.05, 0) is 26.0 Å². The maximum Gasteiger partial charge on any atom is 0.192 e. The van der Waals surface area contributed by atoms with Crippen LogP contribution in [0.1, 0.15) is 18.2 Å². The summed E-state index contributed by atoms with van der Waals surface area (Å²) in [5.41, 5.74) is 4.37. The zero-order chi connectivity index (χ0) is 21.6. The van der Waals surface area contributed by atoms with Crippen molar-refractivity contribution < 1.29 is 4.74 Å². The maximum absolute atomic E-state index is 5.79. The van der Waals surface area contributed by atoms with Crippen molar-refractivity contribution in [2.24, 2.45) is 0 Å². The molecular weight excluding hydrogens is 424 g/mol. The van der Waals surface area contributed by atoms with Crippen molar-refractivity contribution in [2.75, 3.05) is 6.61 Å². The second-order valence-corrected chi connectivity index (χ2v) is 8.73. The zero-order valence-corrected chi connectivity index (χ0v) is 19.2. The second kappa shape index (κ2) is 9.94. The number of aromatic nitrogens is 4. The highest BCUT2D eigenvalue weighted by atomic mass is 32.2. The Morgan fingerprint density at radius 1 is 1.13 bits per heavy atom. The molecule has 0 fully saturated rings. The summed E-state index contributed by atoms with van der Waals surface area (Å²) in [7, 11) is 0. The van der Waals surface area contributed by atoms with Gasteiger partial charge in [-0.25, -0.2) is 4.98 Å². The minimum atomic E-state index is 0.599. The first-order valence-corrected chi connectivity index (χ1v) is 12.0. The number of para-hydroxylation sites is 1. The molecule has 4 rings (SSSR count). The van der Waals surface area contributed by atoms with Crippen LogP contribution >= 0.6 is 23.1 Å². The van der Waals surface area contributed by atoms with Gasteiger partial charge < -0.3 is 4.74 Å². The van der Waals surface area contributed by atoms with Crippen LogP contribution in [-0.4, -0.2) is 26.4 Å². The molecule has 2 heterocycles. The van der Waals surface area contributed by atoms with E-state index in [1.54, 1.807) is 23.1 Å². The number of aryl methyl sites for hydroxylation is 1. The number of hydrogen-bond acceptors (Lipinski definition) is 6. The summed E-state index contributed by atoms with van der Waals surface area (Å²) in [6.45, 7) is 9.19. The monoisotopic (exact) mass is 448 g/mol. The average molecular weight is 449 g/mol. The van der Waals surface area contributed by atoms with E-state index in [0.717, 1.165) is 44.3 Å². The van der Waals surface area contributed by atoms with Gasteiger partial charge in [0.05, 0.1) is 17.9 Å². The average Bonchev–Trinajstić information content (AvgIpc) is 3.41. The lowest BCUT2D eigenvalue weighted by Gasteiger charge is -2.11. The Bertz CT molecular complexity index is 1160. The minimum Gasteiger partial charge on any atom is -0.493 e. The van der Waals surface area contributed by atoms with Crippen molar-refractivity contribution >= 4 is 23.1 Å². The predicted molar refractivity (Wildman–Crippen MR) is 129 cm³/mol. The molecular formula is C24H24N4OS2. The van der Waals surface area contributed by atoms with Gasteiger partial charge >= 0.3 is 0 Å². The van der Waals surface area contributed by atoms with E-state index < -0.39 is 0 Å². The highest BCUT2D eigenvalue weighted by molar-refractivity contribution is 7.98. The molecule has 0 radical (unpaired) electrons. The van der Waals surface area contributed by atoms with Crippen LogP contribution < -0.4 is 4.74 Å². The Kier molecular flexibility index (Phi) is 6.84. The third kappa shape index (κ3) is 4.89. The number of thioether (sulfide) groups is 1. The van der Waals surface area contributed by atoms with Crippen LogP contribution in [0, 0.1) is 6.92 Å². The SMILES string of the molecule is C=CCn1c(SCc2csc(-c3ccc(C)cc3)n2)nnc1-c1ccccc1OCC. The fourth-order valence-corrected chi connectivity index (χ4v) is 4.93. The van der Waals surface area contributed by atoms with Crippen LogP contribution in [-0.2, 0) is 12.3 Å². The Labute approximate surface area is 190 Å². The lowest BCUT2D eigenvalue weighted by atomic mass is 10.2. The molecule has 0 saturated heterocycles. The summed E-state index contributed by atoms with van der Waals surface area (Å²) < 4.78 is 7.87. The van der Waals surface area contributed by atoms with Gasteiger partial charge in [0.1, 0.15) is 10.8 Å². The van der Waals surface area contributed by atoms with E-state index in [1.165, 1.54) is 5.56 Å². The van der Waals surface area contributed by atoms with E-state index in [2.05, 4.69) is 57.9 Å².